The number of hydrogen-bond acceptors (Lipinski definition) is 1. The molecular weight excluding hydrogens is 523 g/mol. The zero-order chi connectivity index (χ0) is 26.8. The van der Waals surface area contributed by atoms with Crippen LogP contribution >= 0.6 is 0 Å². The lowest BCUT2D eigenvalue weighted by molar-refractivity contribution is 0.113. The molecule has 4 unspecified atom stereocenters. The van der Waals surface area contributed by atoms with Gasteiger partial charge in [-0.25, -0.2) is 43.9 Å². The molecule has 2 aliphatic carbocycles. The summed E-state index contributed by atoms with van der Waals surface area (Å²) in [4.78, 5) is 0. The monoisotopic (exact) mass is 536 g/mol. The van der Waals surface area contributed by atoms with Crippen molar-refractivity contribution in [2.45, 2.75) is 37.5 Å². The van der Waals surface area contributed by atoms with Crippen LogP contribution in [0.4, 0.5) is 52.7 Å². The van der Waals surface area contributed by atoms with Gasteiger partial charge in [-0.05, 0) is 39.3 Å². The first-order chi connectivity index (χ1) is 16.0. The summed E-state index contributed by atoms with van der Waals surface area (Å²) in [5.74, 6) is -20.3. The first-order valence-electron chi connectivity index (χ1n) is 9.61. The van der Waals surface area contributed by atoms with E-state index in [2.05, 4.69) is 4.74 Å². The van der Waals surface area contributed by atoms with Crippen molar-refractivity contribution in [2.75, 3.05) is 7.11 Å². The molecule has 3 rings (SSSR count). The number of rotatable bonds is 4. The van der Waals surface area contributed by atoms with E-state index in [0.717, 1.165) is 0 Å². The Labute approximate surface area is 194 Å². The summed E-state index contributed by atoms with van der Waals surface area (Å²) < 4.78 is 174. The molecule has 190 valence electrons. The van der Waals surface area contributed by atoms with Crippen molar-refractivity contribution in [3.63, 3.8) is 0 Å². The lowest BCUT2D eigenvalue weighted by atomic mass is 9.95. The van der Waals surface area contributed by atoms with Gasteiger partial charge >= 0.3 is 14.1 Å². The minimum atomic E-state index is -5.32. The van der Waals surface area contributed by atoms with E-state index in [1.54, 1.807) is 0 Å². The van der Waals surface area contributed by atoms with Crippen LogP contribution in [-0.4, -0.2) is 44.9 Å². The summed E-state index contributed by atoms with van der Waals surface area (Å²) in [5.41, 5.74) is -6.78. The van der Waals surface area contributed by atoms with Gasteiger partial charge in [-0.1, -0.05) is 0 Å². The molecule has 1 aromatic rings. The Hall–Kier alpha value is -2.33. The lowest BCUT2D eigenvalue weighted by Gasteiger charge is -2.32. The van der Waals surface area contributed by atoms with Crippen LogP contribution in [0.15, 0.2) is 44.3 Å². The van der Waals surface area contributed by atoms with Gasteiger partial charge in [0.1, 0.15) is 23.3 Å². The van der Waals surface area contributed by atoms with Crippen LogP contribution < -0.4 is 9.16 Å². The SMILES string of the molecule is COc1c(F)c(F)[c]([Al]([C]2=C(F)C(F)C(C)(F)C=C2F)[C]2=C(F)C(F)C(C)(F)C=C2F)c(F)c1F. The molecule has 0 spiro atoms. The molecule has 4 atom stereocenters. The fourth-order valence-electron chi connectivity index (χ4n) is 3.84. The largest absolute Gasteiger partial charge is 0.491 e. The maximum Gasteiger partial charge on any atom is 0.411 e. The third-order valence-electron chi connectivity index (χ3n) is 5.61. The maximum atomic E-state index is 14.9. The van der Waals surface area contributed by atoms with Gasteiger partial charge in [-0.3, -0.25) is 0 Å². The van der Waals surface area contributed by atoms with Crippen LogP contribution in [0.3, 0.4) is 0 Å². The van der Waals surface area contributed by atoms with Gasteiger partial charge in [0.2, 0.25) is 11.6 Å². The van der Waals surface area contributed by atoms with Gasteiger partial charge < -0.3 is 4.74 Å². The van der Waals surface area contributed by atoms with Crippen LogP contribution in [0.1, 0.15) is 13.8 Å². The standard InChI is InChI=1S/C7H3F4O.2C7H5F4.Al/c1-12-7-5(10)3(8)2-4(9)6(7)11;2*1-7(11)3-4(8)2-5(9)6(7)10;/h1H3;2*3,6H,1H3;. The molecule has 0 N–H and O–H groups in total. The number of alkyl halides is 4. The summed E-state index contributed by atoms with van der Waals surface area (Å²) >= 11 is -5.32. The average Bonchev–Trinajstić information content (AvgIpc) is 2.74. The zero-order valence-corrected chi connectivity index (χ0v) is 19.0. The molecule has 0 amide bonds. The molecule has 0 fully saturated rings. The molecule has 0 heterocycles. The Morgan fingerprint density at radius 1 is 0.686 bits per heavy atom. The van der Waals surface area contributed by atoms with E-state index in [-0.39, 0.29) is 12.2 Å². The Morgan fingerprint density at radius 3 is 1.34 bits per heavy atom. The minimum absolute atomic E-state index is 0.225. The Kier molecular flexibility index (Phi) is 6.98. The van der Waals surface area contributed by atoms with Gasteiger partial charge in [0, 0.05) is 0 Å². The van der Waals surface area contributed by atoms with Gasteiger partial charge in [-0.15, -0.1) is 0 Å². The highest BCUT2D eigenvalue weighted by Crippen LogP contribution is 2.45. The van der Waals surface area contributed by atoms with E-state index in [1.165, 1.54) is 0 Å². The van der Waals surface area contributed by atoms with E-state index in [4.69, 9.17) is 0 Å². The van der Waals surface area contributed by atoms with E-state index in [1.807, 2.05) is 0 Å². The molecule has 0 saturated carbocycles. The first-order valence-corrected chi connectivity index (χ1v) is 11.3. The predicted molar refractivity (Wildman–Crippen MR) is 102 cm³/mol. The maximum absolute atomic E-state index is 14.9. The molecule has 0 aromatic heterocycles. The van der Waals surface area contributed by atoms with Crippen molar-refractivity contribution in [1.29, 1.82) is 0 Å². The van der Waals surface area contributed by atoms with Crippen molar-refractivity contribution in [2.24, 2.45) is 0 Å². The predicted octanol–water partition coefficient (Wildman–Crippen LogP) is 6.35. The molecule has 1 aromatic carbocycles. The van der Waals surface area contributed by atoms with Gasteiger partial charge in [0.25, 0.3) is 0 Å². The lowest BCUT2D eigenvalue weighted by Crippen LogP contribution is -2.48. The fourth-order valence-corrected chi connectivity index (χ4v) is 7.03. The van der Waals surface area contributed by atoms with Gasteiger partial charge in [-0.2, -0.15) is 8.78 Å². The molecule has 1 nitrogen and oxygen atoms in total. The number of ether oxygens (including phenoxy) is 1. The van der Waals surface area contributed by atoms with E-state index < -0.39 is 103 Å². The second kappa shape index (κ2) is 8.96. The summed E-state index contributed by atoms with van der Waals surface area (Å²) in [6.45, 7) is 0.705. The van der Waals surface area contributed by atoms with Crippen molar-refractivity contribution in [3.8, 4) is 5.75 Å². The summed E-state index contributed by atoms with van der Waals surface area (Å²) in [7, 11) is 0.581. The highest BCUT2D eigenvalue weighted by atomic mass is 27.2. The zero-order valence-electron chi connectivity index (χ0n) is 17.8. The Balaban J connectivity index is 2.50. The third kappa shape index (κ3) is 4.18. The van der Waals surface area contributed by atoms with Crippen molar-refractivity contribution in [1.82, 2.24) is 0 Å². The molecule has 0 radical (unpaired) electrons. The molecule has 2 aliphatic rings. The second-order valence-electron chi connectivity index (χ2n) is 8.17. The highest BCUT2D eigenvalue weighted by Gasteiger charge is 2.54. The second-order valence-corrected chi connectivity index (χ2v) is 10.8. The molecule has 0 saturated heterocycles. The van der Waals surface area contributed by atoms with E-state index in [9.17, 15) is 52.7 Å². The van der Waals surface area contributed by atoms with Crippen LogP contribution in [0, 0.1) is 23.3 Å². The molecule has 0 aliphatic heterocycles. The van der Waals surface area contributed by atoms with Gasteiger partial charge in [0.05, 0.1) is 7.11 Å². The Morgan fingerprint density at radius 2 is 1.03 bits per heavy atom. The van der Waals surface area contributed by atoms with Gasteiger partial charge in [0.15, 0.2) is 41.1 Å². The summed E-state index contributed by atoms with van der Waals surface area (Å²) in [5, 5.41) is 0. The fraction of sp³-hybridized carbons (Fsp3) is 0.333. The highest BCUT2D eigenvalue weighted by molar-refractivity contribution is 6.87. The molecular formula is C21H13AlF12O. The van der Waals surface area contributed by atoms with Crippen molar-refractivity contribution in [3.05, 3.63) is 67.6 Å². The van der Waals surface area contributed by atoms with Crippen LogP contribution in [0.5, 0.6) is 5.75 Å². The van der Waals surface area contributed by atoms with Crippen molar-refractivity contribution >= 4 is 18.6 Å². The first kappa shape index (κ1) is 27.3. The third-order valence-corrected chi connectivity index (χ3v) is 8.95. The topological polar surface area (TPSA) is 9.23 Å². The van der Waals surface area contributed by atoms with Crippen LogP contribution in [-0.2, 0) is 0 Å². The smallest absolute Gasteiger partial charge is 0.411 e. The quantitative estimate of drug-likeness (QED) is 0.248. The number of hydrogen-bond donors (Lipinski definition) is 0. The summed E-state index contributed by atoms with van der Waals surface area (Å²) in [6.07, 6.45) is -7.23. The minimum Gasteiger partial charge on any atom is -0.491 e. The number of benzene rings is 1. The van der Waals surface area contributed by atoms with Crippen LogP contribution in [0.2, 0.25) is 0 Å². The summed E-state index contributed by atoms with van der Waals surface area (Å²) in [6, 6.07) is 0. The Bertz CT molecular complexity index is 1130. The van der Waals surface area contributed by atoms with E-state index >= 15 is 0 Å². The molecule has 0 bridgehead atoms. The molecule has 14 heteroatoms. The normalized spacial score (nSPS) is 29.3. The number of allylic oxidation sites excluding steroid dienone is 8. The number of methoxy groups -OCH3 is 1. The average molecular weight is 536 g/mol. The van der Waals surface area contributed by atoms with E-state index in [0.29, 0.717) is 21.0 Å². The van der Waals surface area contributed by atoms with Crippen molar-refractivity contribution < 1.29 is 57.4 Å². The number of halogens is 12. The van der Waals surface area contributed by atoms with Crippen LogP contribution in [0.25, 0.3) is 0 Å². The molecule has 35 heavy (non-hydrogen) atoms.